The van der Waals surface area contributed by atoms with E-state index >= 15 is 0 Å². The van der Waals surface area contributed by atoms with Crippen LogP contribution < -0.4 is 5.73 Å². The second kappa shape index (κ2) is 5.79. The Morgan fingerprint density at radius 3 is 2.79 bits per heavy atom. The molecule has 1 atom stereocenters. The first-order valence-corrected chi connectivity index (χ1v) is 6.16. The Kier molecular flexibility index (Phi) is 5.00. The second-order valence-electron chi connectivity index (χ2n) is 2.84. The molecule has 1 aromatic rings. The molecule has 0 fully saturated rings. The molecule has 1 unspecified atom stereocenters. The zero-order valence-corrected chi connectivity index (χ0v) is 10.5. The Balaban J connectivity index is 2.59. The predicted molar refractivity (Wildman–Crippen MR) is 67.4 cm³/mol. The molecule has 0 amide bonds. The number of thioether (sulfide) groups is 1. The third-order valence-electron chi connectivity index (χ3n) is 1.60. The lowest BCUT2D eigenvalue weighted by molar-refractivity contribution is 0.113. The van der Waals surface area contributed by atoms with Gasteiger partial charge in [0.1, 0.15) is 0 Å². The van der Waals surface area contributed by atoms with Gasteiger partial charge in [0.25, 0.3) is 0 Å². The minimum Gasteiger partial charge on any atom is -0.399 e. The molecule has 0 spiro atoms. The van der Waals surface area contributed by atoms with Gasteiger partial charge in [-0.15, -0.1) is 11.8 Å². The highest BCUT2D eigenvalue weighted by molar-refractivity contribution is 14.1. The van der Waals surface area contributed by atoms with Gasteiger partial charge in [-0.25, -0.2) is 0 Å². The van der Waals surface area contributed by atoms with Crippen LogP contribution in [0.25, 0.3) is 0 Å². The second-order valence-corrected chi connectivity index (χ2v) is 5.06. The maximum absolute atomic E-state index is 9.17. The Morgan fingerprint density at radius 2 is 2.21 bits per heavy atom. The van der Waals surface area contributed by atoms with Gasteiger partial charge in [0, 0.05) is 19.9 Å². The molecule has 0 aliphatic heterocycles. The molecule has 78 valence electrons. The van der Waals surface area contributed by atoms with E-state index in [2.05, 4.69) is 22.6 Å². The summed E-state index contributed by atoms with van der Waals surface area (Å²) in [6.07, 6.45) is -0.659. The van der Waals surface area contributed by atoms with Crippen LogP contribution in [0.15, 0.2) is 23.1 Å². The number of nitrogens with two attached hydrogens (primary N) is 1. The molecule has 0 aromatic heterocycles. The molecule has 0 radical (unpaired) electrons. The van der Waals surface area contributed by atoms with E-state index < -0.39 is 6.10 Å². The normalized spacial score (nSPS) is 12.8. The summed E-state index contributed by atoms with van der Waals surface area (Å²) >= 11 is 3.72. The molecule has 0 aliphatic carbocycles. The molecule has 4 N–H and O–H groups in total. The number of halogens is 1. The summed E-state index contributed by atoms with van der Waals surface area (Å²) in [7, 11) is 0. The van der Waals surface area contributed by atoms with Crippen LogP contribution in [-0.4, -0.2) is 28.7 Å². The van der Waals surface area contributed by atoms with E-state index in [0.717, 1.165) is 14.2 Å². The van der Waals surface area contributed by atoms with Crippen LogP contribution in [0.5, 0.6) is 0 Å². The summed E-state index contributed by atoms with van der Waals surface area (Å²) in [5, 5.41) is 17.8. The first-order chi connectivity index (χ1) is 6.63. The summed E-state index contributed by atoms with van der Waals surface area (Å²) in [4.78, 5) is 1.08. The summed E-state index contributed by atoms with van der Waals surface area (Å²) in [6, 6.07) is 5.63. The van der Waals surface area contributed by atoms with Crippen LogP contribution in [0, 0.1) is 3.57 Å². The summed E-state index contributed by atoms with van der Waals surface area (Å²) in [5.41, 5.74) is 6.34. The van der Waals surface area contributed by atoms with Gasteiger partial charge in [0.2, 0.25) is 0 Å². The standard InChI is InChI=1S/C9H12INO2S/c10-8-3-6(11)1-2-9(8)14-5-7(13)4-12/h1-3,7,12-13H,4-5,11H2. The molecular formula is C9H12INO2S. The molecule has 1 aromatic carbocycles. The molecule has 3 nitrogen and oxygen atoms in total. The Morgan fingerprint density at radius 1 is 1.50 bits per heavy atom. The highest BCUT2D eigenvalue weighted by Gasteiger charge is 2.05. The van der Waals surface area contributed by atoms with Crippen molar-refractivity contribution in [3.05, 3.63) is 21.8 Å². The van der Waals surface area contributed by atoms with E-state index in [1.807, 2.05) is 18.2 Å². The van der Waals surface area contributed by atoms with Crippen molar-refractivity contribution in [3.63, 3.8) is 0 Å². The van der Waals surface area contributed by atoms with Crippen molar-refractivity contribution in [3.8, 4) is 0 Å². The monoisotopic (exact) mass is 325 g/mol. The van der Waals surface area contributed by atoms with Crippen molar-refractivity contribution in [1.29, 1.82) is 0 Å². The van der Waals surface area contributed by atoms with Crippen LogP contribution >= 0.6 is 34.4 Å². The number of hydrogen-bond donors (Lipinski definition) is 3. The third kappa shape index (κ3) is 3.64. The van der Waals surface area contributed by atoms with Crippen LogP contribution in [0.3, 0.4) is 0 Å². The molecule has 0 saturated carbocycles. The molecule has 0 bridgehead atoms. The summed E-state index contributed by atoms with van der Waals surface area (Å²) in [6.45, 7) is -0.196. The topological polar surface area (TPSA) is 66.5 Å². The van der Waals surface area contributed by atoms with E-state index in [1.54, 1.807) is 0 Å². The number of benzene rings is 1. The SMILES string of the molecule is Nc1ccc(SCC(O)CO)c(I)c1. The van der Waals surface area contributed by atoms with E-state index in [4.69, 9.17) is 15.9 Å². The van der Waals surface area contributed by atoms with Gasteiger partial charge >= 0.3 is 0 Å². The molecular weight excluding hydrogens is 313 g/mol. The van der Waals surface area contributed by atoms with Crippen LogP contribution in [-0.2, 0) is 0 Å². The van der Waals surface area contributed by atoms with E-state index in [9.17, 15) is 0 Å². The van der Waals surface area contributed by atoms with Crippen LogP contribution in [0.1, 0.15) is 0 Å². The molecule has 5 heteroatoms. The Labute approximate surface area is 101 Å². The van der Waals surface area contributed by atoms with Crippen LogP contribution in [0.4, 0.5) is 5.69 Å². The van der Waals surface area contributed by atoms with Crippen molar-refractivity contribution < 1.29 is 10.2 Å². The minimum absolute atomic E-state index is 0.196. The maximum Gasteiger partial charge on any atom is 0.0864 e. The van der Waals surface area contributed by atoms with E-state index in [1.165, 1.54) is 11.8 Å². The van der Waals surface area contributed by atoms with E-state index in [0.29, 0.717) is 5.75 Å². The quantitative estimate of drug-likeness (QED) is 0.444. The predicted octanol–water partition coefficient (Wildman–Crippen LogP) is 1.32. The molecule has 14 heavy (non-hydrogen) atoms. The molecule has 0 aliphatic rings. The zero-order valence-electron chi connectivity index (χ0n) is 7.48. The first kappa shape index (κ1) is 12.1. The van der Waals surface area contributed by atoms with Gasteiger partial charge in [-0.2, -0.15) is 0 Å². The number of hydrogen-bond acceptors (Lipinski definition) is 4. The van der Waals surface area contributed by atoms with Gasteiger partial charge in [-0.3, -0.25) is 0 Å². The van der Waals surface area contributed by atoms with Crippen molar-refractivity contribution in [1.82, 2.24) is 0 Å². The smallest absolute Gasteiger partial charge is 0.0864 e. The van der Waals surface area contributed by atoms with Crippen LogP contribution in [0.2, 0.25) is 0 Å². The van der Waals surface area contributed by atoms with Gasteiger partial charge in [-0.1, -0.05) is 0 Å². The number of aliphatic hydroxyl groups is 2. The maximum atomic E-state index is 9.17. The number of aliphatic hydroxyl groups excluding tert-OH is 2. The van der Waals surface area contributed by atoms with Gasteiger partial charge in [0.05, 0.1) is 12.7 Å². The highest BCUT2D eigenvalue weighted by atomic mass is 127. The molecule has 0 heterocycles. The van der Waals surface area contributed by atoms with Crippen molar-refractivity contribution in [2.24, 2.45) is 0 Å². The Bertz CT molecular complexity index is 309. The third-order valence-corrected chi connectivity index (χ3v) is 4.07. The zero-order chi connectivity index (χ0) is 10.6. The average molecular weight is 325 g/mol. The lowest BCUT2D eigenvalue weighted by atomic mass is 10.3. The molecule has 0 saturated heterocycles. The van der Waals surface area contributed by atoms with Crippen molar-refractivity contribution in [2.45, 2.75) is 11.0 Å². The fourth-order valence-corrected chi connectivity index (χ4v) is 2.72. The van der Waals surface area contributed by atoms with Gasteiger partial charge in [0.15, 0.2) is 0 Å². The lowest BCUT2D eigenvalue weighted by Gasteiger charge is -2.08. The van der Waals surface area contributed by atoms with E-state index in [-0.39, 0.29) is 6.61 Å². The fourth-order valence-electron chi connectivity index (χ4n) is 0.873. The lowest BCUT2D eigenvalue weighted by Crippen LogP contribution is -2.14. The minimum atomic E-state index is -0.659. The number of anilines is 1. The van der Waals surface area contributed by atoms with Gasteiger partial charge in [-0.05, 0) is 40.8 Å². The number of rotatable bonds is 4. The fraction of sp³-hybridized carbons (Fsp3) is 0.333. The first-order valence-electron chi connectivity index (χ1n) is 4.10. The number of nitrogen functional groups attached to an aromatic ring is 1. The largest absolute Gasteiger partial charge is 0.399 e. The highest BCUT2D eigenvalue weighted by Crippen LogP contribution is 2.26. The Hall–Kier alpha value is 0.0200. The summed E-state index contributed by atoms with van der Waals surface area (Å²) < 4.78 is 1.07. The average Bonchev–Trinajstić information content (AvgIpc) is 2.16. The van der Waals surface area contributed by atoms with Gasteiger partial charge < -0.3 is 15.9 Å². The molecule has 1 rings (SSSR count). The van der Waals surface area contributed by atoms with Crippen molar-refractivity contribution >= 4 is 40.0 Å². The summed E-state index contributed by atoms with van der Waals surface area (Å²) in [5.74, 6) is 0.496. The van der Waals surface area contributed by atoms with Crippen molar-refractivity contribution in [2.75, 3.05) is 18.1 Å².